The van der Waals surface area contributed by atoms with E-state index in [2.05, 4.69) is 9.97 Å². The number of sulfone groups is 1. The molecule has 12 heteroatoms. The van der Waals surface area contributed by atoms with Gasteiger partial charge in [0.2, 0.25) is 5.95 Å². The molecule has 0 bridgehead atoms. The molecule has 0 saturated carbocycles. The SMILES string of the molecule is CC(C)[C@H]1c2cc3cc(CO)c(S(C)(=O)=O)cc3n2CCN1c1ncc([C@H](C)O)c(C(F)(F)F)n1. The molecule has 0 fully saturated rings. The number of benzene rings is 1. The lowest BCUT2D eigenvalue weighted by atomic mass is 9.97. The fourth-order valence-corrected chi connectivity index (χ4v) is 5.73. The van der Waals surface area contributed by atoms with Crippen LogP contribution in [0, 0.1) is 5.92 Å². The molecule has 2 aromatic heterocycles. The quantitative estimate of drug-likeness (QED) is 0.538. The van der Waals surface area contributed by atoms with Crippen LogP contribution in [0.2, 0.25) is 0 Å². The van der Waals surface area contributed by atoms with Crippen molar-refractivity contribution in [2.75, 3.05) is 17.7 Å². The number of aliphatic hydroxyl groups is 2. The second-order valence-corrected chi connectivity index (χ2v) is 11.2. The van der Waals surface area contributed by atoms with Gasteiger partial charge in [-0.05, 0) is 36.6 Å². The summed E-state index contributed by atoms with van der Waals surface area (Å²) in [5.41, 5.74) is 0.180. The molecule has 2 N–H and O–H groups in total. The first-order valence-corrected chi connectivity index (χ1v) is 13.0. The predicted octanol–water partition coefficient (Wildman–Crippen LogP) is 3.62. The number of aromatic nitrogens is 3. The summed E-state index contributed by atoms with van der Waals surface area (Å²) >= 11 is 0. The van der Waals surface area contributed by atoms with E-state index < -0.39 is 46.0 Å². The summed E-state index contributed by atoms with van der Waals surface area (Å²) in [5.74, 6) is -0.149. The molecule has 1 aromatic carbocycles. The van der Waals surface area contributed by atoms with Gasteiger partial charge < -0.3 is 19.7 Å². The summed E-state index contributed by atoms with van der Waals surface area (Å²) in [6, 6.07) is 4.65. The Morgan fingerprint density at radius 1 is 1.17 bits per heavy atom. The van der Waals surface area contributed by atoms with Crippen molar-refractivity contribution in [3.63, 3.8) is 0 Å². The van der Waals surface area contributed by atoms with Crippen molar-refractivity contribution < 1.29 is 31.8 Å². The van der Waals surface area contributed by atoms with Crippen molar-refractivity contribution in [3.05, 3.63) is 46.9 Å². The van der Waals surface area contributed by atoms with Crippen LogP contribution in [0.4, 0.5) is 19.1 Å². The molecule has 1 aliphatic heterocycles. The molecule has 3 heterocycles. The van der Waals surface area contributed by atoms with Gasteiger partial charge in [0.15, 0.2) is 15.5 Å². The number of rotatable bonds is 5. The Labute approximate surface area is 201 Å². The number of halogens is 3. The van der Waals surface area contributed by atoms with Gasteiger partial charge in [-0.3, -0.25) is 0 Å². The van der Waals surface area contributed by atoms with Gasteiger partial charge in [-0.25, -0.2) is 18.4 Å². The number of fused-ring (bicyclic) bond motifs is 3. The van der Waals surface area contributed by atoms with Gasteiger partial charge in [0.25, 0.3) is 0 Å². The molecule has 35 heavy (non-hydrogen) atoms. The number of hydrogen-bond acceptors (Lipinski definition) is 7. The zero-order chi connectivity index (χ0) is 25.9. The second-order valence-electron chi connectivity index (χ2n) is 9.20. The first-order valence-electron chi connectivity index (χ1n) is 11.1. The smallest absolute Gasteiger partial charge is 0.392 e. The molecular weight excluding hydrogens is 485 g/mol. The maximum Gasteiger partial charge on any atom is 0.433 e. The van der Waals surface area contributed by atoms with E-state index in [1.165, 1.54) is 6.92 Å². The highest BCUT2D eigenvalue weighted by Gasteiger charge is 2.39. The Bertz CT molecular complexity index is 1380. The fraction of sp³-hybridized carbons (Fsp3) is 0.478. The van der Waals surface area contributed by atoms with Crippen LogP contribution >= 0.6 is 0 Å². The van der Waals surface area contributed by atoms with E-state index >= 15 is 0 Å². The Morgan fingerprint density at radius 3 is 2.40 bits per heavy atom. The van der Waals surface area contributed by atoms with Gasteiger partial charge in [0, 0.05) is 47.7 Å². The monoisotopic (exact) mass is 512 g/mol. The third-order valence-electron chi connectivity index (χ3n) is 6.30. The minimum atomic E-state index is -4.76. The van der Waals surface area contributed by atoms with Crippen LogP contribution in [0.1, 0.15) is 55.4 Å². The van der Waals surface area contributed by atoms with Crippen LogP contribution in [0.25, 0.3) is 10.9 Å². The summed E-state index contributed by atoms with van der Waals surface area (Å²) < 4.78 is 67.6. The average molecular weight is 513 g/mol. The maximum atomic E-state index is 13.7. The van der Waals surface area contributed by atoms with E-state index in [0.717, 1.165) is 23.5 Å². The molecule has 0 unspecified atom stereocenters. The van der Waals surface area contributed by atoms with Crippen LogP contribution in [0.5, 0.6) is 0 Å². The molecule has 1 aliphatic rings. The molecule has 190 valence electrons. The van der Waals surface area contributed by atoms with E-state index in [1.54, 1.807) is 17.0 Å². The van der Waals surface area contributed by atoms with Crippen LogP contribution in [-0.2, 0) is 29.2 Å². The predicted molar refractivity (Wildman–Crippen MR) is 124 cm³/mol. The molecule has 0 amide bonds. The van der Waals surface area contributed by atoms with Crippen molar-refractivity contribution in [2.45, 2.75) is 57.1 Å². The minimum Gasteiger partial charge on any atom is -0.392 e. The Kier molecular flexibility index (Phi) is 6.35. The van der Waals surface area contributed by atoms with Crippen molar-refractivity contribution in [2.24, 2.45) is 5.92 Å². The van der Waals surface area contributed by atoms with Gasteiger partial charge in [-0.1, -0.05) is 13.8 Å². The minimum absolute atomic E-state index is 0.0452. The number of nitrogens with zero attached hydrogens (tertiary/aromatic N) is 4. The van der Waals surface area contributed by atoms with E-state index in [0.29, 0.717) is 18.6 Å². The van der Waals surface area contributed by atoms with Gasteiger partial charge >= 0.3 is 6.18 Å². The highest BCUT2D eigenvalue weighted by atomic mass is 32.2. The highest BCUT2D eigenvalue weighted by molar-refractivity contribution is 7.90. The lowest BCUT2D eigenvalue weighted by Crippen LogP contribution is -2.41. The number of anilines is 1. The molecule has 2 atom stereocenters. The highest BCUT2D eigenvalue weighted by Crippen LogP contribution is 2.40. The van der Waals surface area contributed by atoms with Crippen molar-refractivity contribution in [1.82, 2.24) is 14.5 Å². The zero-order valence-electron chi connectivity index (χ0n) is 19.7. The third kappa shape index (κ3) is 4.50. The Hall–Kier alpha value is -2.70. The summed E-state index contributed by atoms with van der Waals surface area (Å²) in [5, 5.41) is 20.2. The van der Waals surface area contributed by atoms with Crippen LogP contribution in [0.15, 0.2) is 29.3 Å². The van der Waals surface area contributed by atoms with E-state index in [9.17, 15) is 31.8 Å². The van der Waals surface area contributed by atoms with Gasteiger partial charge in [0.1, 0.15) is 0 Å². The largest absolute Gasteiger partial charge is 0.433 e. The van der Waals surface area contributed by atoms with Crippen molar-refractivity contribution in [1.29, 1.82) is 0 Å². The normalized spacial score (nSPS) is 17.8. The standard InChI is InChI=1S/C23H27F3N4O4S/c1-12(2)20-18-8-14-7-15(11-31)19(35(4,33)34)9-17(14)29(18)5-6-30(20)22-27-10-16(13(3)32)21(28-22)23(24,25)26/h7-10,12-13,20,31-32H,5-6,11H2,1-4H3/t13-,20-/m0/s1. The molecule has 0 aliphatic carbocycles. The molecule has 0 spiro atoms. The van der Waals surface area contributed by atoms with Crippen LogP contribution < -0.4 is 4.90 Å². The summed E-state index contributed by atoms with van der Waals surface area (Å²) in [6.07, 6.45) is -4.04. The van der Waals surface area contributed by atoms with Crippen LogP contribution in [0.3, 0.4) is 0 Å². The molecular formula is C23H27F3N4O4S. The topological polar surface area (TPSA) is 109 Å². The zero-order valence-corrected chi connectivity index (χ0v) is 20.5. The van der Waals surface area contributed by atoms with E-state index in [-0.39, 0.29) is 22.3 Å². The maximum absolute atomic E-state index is 13.7. The van der Waals surface area contributed by atoms with Gasteiger partial charge in [0.05, 0.1) is 23.6 Å². The summed E-state index contributed by atoms with van der Waals surface area (Å²) in [7, 11) is -3.59. The van der Waals surface area contributed by atoms with E-state index in [1.807, 2.05) is 24.5 Å². The van der Waals surface area contributed by atoms with Crippen molar-refractivity contribution in [3.8, 4) is 0 Å². The molecule has 8 nitrogen and oxygen atoms in total. The van der Waals surface area contributed by atoms with Gasteiger partial charge in [-0.15, -0.1) is 0 Å². The summed E-state index contributed by atoms with van der Waals surface area (Å²) in [4.78, 5) is 9.75. The first kappa shape index (κ1) is 25.4. The fourth-order valence-electron chi connectivity index (χ4n) is 4.81. The summed E-state index contributed by atoms with van der Waals surface area (Å²) in [6.45, 7) is 5.31. The lowest BCUT2D eigenvalue weighted by Gasteiger charge is -2.39. The van der Waals surface area contributed by atoms with Crippen molar-refractivity contribution >= 4 is 26.7 Å². The molecule has 4 rings (SSSR count). The number of hydrogen-bond donors (Lipinski definition) is 2. The van der Waals surface area contributed by atoms with Crippen LogP contribution in [-0.4, -0.2) is 46.0 Å². The Balaban J connectivity index is 1.88. The second kappa shape index (κ2) is 8.75. The number of aliphatic hydroxyl groups excluding tert-OH is 2. The first-order chi connectivity index (χ1) is 16.2. The van der Waals surface area contributed by atoms with E-state index in [4.69, 9.17) is 0 Å². The molecule has 0 saturated heterocycles. The Morgan fingerprint density at radius 2 is 1.86 bits per heavy atom. The third-order valence-corrected chi connectivity index (χ3v) is 7.48. The number of alkyl halides is 3. The average Bonchev–Trinajstić information content (AvgIpc) is 3.13. The van der Waals surface area contributed by atoms with Gasteiger partial charge in [-0.2, -0.15) is 13.2 Å². The molecule has 3 aromatic rings. The molecule has 0 radical (unpaired) electrons. The lowest BCUT2D eigenvalue weighted by molar-refractivity contribution is -0.142.